The van der Waals surface area contributed by atoms with Crippen molar-refractivity contribution in [2.45, 2.75) is 6.92 Å². The molecule has 1 amide bonds. The van der Waals surface area contributed by atoms with Crippen molar-refractivity contribution >= 4 is 49.1 Å². The molecule has 0 spiro atoms. The maximum atomic E-state index is 11.6. The van der Waals surface area contributed by atoms with Gasteiger partial charge in [0.2, 0.25) is 5.91 Å². The molecule has 0 saturated carbocycles. The van der Waals surface area contributed by atoms with E-state index in [9.17, 15) is 4.79 Å². The largest absolute Gasteiger partial charge is 0.382 e. The molecule has 0 bridgehead atoms. The Balaban J connectivity index is 2.47. The van der Waals surface area contributed by atoms with Crippen molar-refractivity contribution in [1.29, 1.82) is 0 Å². The second kappa shape index (κ2) is 4.14. The molecule has 5 heteroatoms. The third-order valence-corrected chi connectivity index (χ3v) is 3.43. The standard InChI is InChI=1S/C10H10Br2N2O/c1-5-4-13-9-7(12)2-6(11)3-8(9)14-10(5)15/h2-3,5,13H,4H2,1H3,(H,14,15). The summed E-state index contributed by atoms with van der Waals surface area (Å²) in [5.41, 5.74) is 1.75. The summed E-state index contributed by atoms with van der Waals surface area (Å²) in [4.78, 5) is 11.6. The minimum atomic E-state index is -0.0249. The van der Waals surface area contributed by atoms with E-state index in [0.717, 1.165) is 20.3 Å². The first-order valence-electron chi connectivity index (χ1n) is 4.61. The van der Waals surface area contributed by atoms with Crippen molar-refractivity contribution in [2.75, 3.05) is 17.2 Å². The molecule has 1 aromatic rings. The lowest BCUT2D eigenvalue weighted by molar-refractivity contribution is -0.118. The number of carbonyl (C=O) groups is 1. The fourth-order valence-corrected chi connectivity index (χ4v) is 2.82. The highest BCUT2D eigenvalue weighted by atomic mass is 79.9. The van der Waals surface area contributed by atoms with Crippen LogP contribution in [0.3, 0.4) is 0 Å². The zero-order chi connectivity index (χ0) is 11.0. The number of hydrogen-bond donors (Lipinski definition) is 2. The van der Waals surface area contributed by atoms with Crippen LogP contribution in [0.15, 0.2) is 21.1 Å². The summed E-state index contributed by atoms with van der Waals surface area (Å²) in [6, 6.07) is 3.84. The highest BCUT2D eigenvalue weighted by molar-refractivity contribution is 9.11. The van der Waals surface area contributed by atoms with Crippen LogP contribution in [-0.2, 0) is 4.79 Å². The number of fused-ring (bicyclic) bond motifs is 1. The molecule has 1 aliphatic heterocycles. The van der Waals surface area contributed by atoms with Gasteiger partial charge in [0.1, 0.15) is 0 Å². The number of amides is 1. The van der Waals surface area contributed by atoms with Gasteiger partial charge in [-0.2, -0.15) is 0 Å². The monoisotopic (exact) mass is 332 g/mol. The number of halogens is 2. The molecule has 2 N–H and O–H groups in total. The SMILES string of the molecule is CC1CNc2c(Br)cc(Br)cc2NC1=O. The molecular formula is C10H10Br2N2O. The summed E-state index contributed by atoms with van der Waals surface area (Å²) in [6.45, 7) is 2.55. The van der Waals surface area contributed by atoms with Crippen LogP contribution in [0.1, 0.15) is 6.92 Å². The van der Waals surface area contributed by atoms with Gasteiger partial charge in [0.25, 0.3) is 0 Å². The van der Waals surface area contributed by atoms with Gasteiger partial charge in [0.15, 0.2) is 0 Å². The Morgan fingerprint density at radius 2 is 2.13 bits per heavy atom. The Hall–Kier alpha value is -0.550. The fraction of sp³-hybridized carbons (Fsp3) is 0.300. The number of benzene rings is 1. The van der Waals surface area contributed by atoms with Crippen LogP contribution < -0.4 is 10.6 Å². The predicted molar refractivity (Wildman–Crippen MR) is 68.1 cm³/mol. The highest BCUT2D eigenvalue weighted by Crippen LogP contribution is 2.36. The normalized spacial score (nSPS) is 19.9. The van der Waals surface area contributed by atoms with E-state index >= 15 is 0 Å². The fourth-order valence-electron chi connectivity index (χ4n) is 1.46. The number of rotatable bonds is 0. The molecule has 1 heterocycles. The quantitative estimate of drug-likeness (QED) is 0.765. The molecule has 2 rings (SSSR count). The van der Waals surface area contributed by atoms with Crippen LogP contribution in [0.5, 0.6) is 0 Å². The van der Waals surface area contributed by atoms with Crippen molar-refractivity contribution in [3.05, 3.63) is 21.1 Å². The molecule has 1 atom stereocenters. The molecule has 3 nitrogen and oxygen atoms in total. The molecule has 15 heavy (non-hydrogen) atoms. The predicted octanol–water partition coefficient (Wildman–Crippen LogP) is 3.21. The van der Waals surface area contributed by atoms with E-state index in [2.05, 4.69) is 42.5 Å². The zero-order valence-electron chi connectivity index (χ0n) is 8.10. The molecule has 0 fully saturated rings. The van der Waals surface area contributed by atoms with Gasteiger partial charge in [-0.15, -0.1) is 0 Å². The Kier molecular flexibility index (Phi) is 3.02. The molecule has 0 saturated heterocycles. The first-order valence-corrected chi connectivity index (χ1v) is 6.20. The molecule has 1 aliphatic rings. The summed E-state index contributed by atoms with van der Waals surface area (Å²) < 4.78 is 1.88. The van der Waals surface area contributed by atoms with Crippen LogP contribution in [0.25, 0.3) is 0 Å². The molecule has 0 radical (unpaired) electrons. The molecular weight excluding hydrogens is 324 g/mol. The Morgan fingerprint density at radius 1 is 1.40 bits per heavy atom. The summed E-state index contributed by atoms with van der Waals surface area (Å²) >= 11 is 6.86. The zero-order valence-corrected chi connectivity index (χ0v) is 11.3. The third kappa shape index (κ3) is 2.18. The summed E-state index contributed by atoms with van der Waals surface area (Å²) in [5, 5.41) is 6.14. The van der Waals surface area contributed by atoms with E-state index < -0.39 is 0 Å². The molecule has 1 unspecified atom stereocenters. The van der Waals surface area contributed by atoms with E-state index in [0.29, 0.717) is 6.54 Å². The lowest BCUT2D eigenvalue weighted by atomic mass is 10.2. The van der Waals surface area contributed by atoms with Gasteiger partial charge in [0.05, 0.1) is 17.3 Å². The second-order valence-electron chi connectivity index (χ2n) is 3.58. The lowest BCUT2D eigenvalue weighted by Crippen LogP contribution is -2.22. The molecule has 0 aliphatic carbocycles. The molecule has 0 aromatic heterocycles. The number of anilines is 2. The average molecular weight is 334 g/mol. The van der Waals surface area contributed by atoms with Crippen LogP contribution in [0, 0.1) is 5.92 Å². The van der Waals surface area contributed by atoms with E-state index in [1.807, 2.05) is 19.1 Å². The second-order valence-corrected chi connectivity index (χ2v) is 5.35. The number of hydrogen-bond acceptors (Lipinski definition) is 2. The molecule has 80 valence electrons. The topological polar surface area (TPSA) is 41.1 Å². The average Bonchev–Trinajstić information content (AvgIpc) is 2.27. The van der Waals surface area contributed by atoms with Gasteiger partial charge < -0.3 is 10.6 Å². The van der Waals surface area contributed by atoms with Gasteiger partial charge in [-0.3, -0.25) is 4.79 Å². The van der Waals surface area contributed by atoms with E-state index in [1.54, 1.807) is 0 Å². The summed E-state index contributed by atoms with van der Waals surface area (Å²) in [5.74, 6) is 0.0225. The van der Waals surface area contributed by atoms with Crippen LogP contribution >= 0.6 is 31.9 Å². The van der Waals surface area contributed by atoms with Crippen molar-refractivity contribution in [1.82, 2.24) is 0 Å². The van der Waals surface area contributed by atoms with Crippen LogP contribution in [-0.4, -0.2) is 12.5 Å². The molecule has 1 aromatic carbocycles. The van der Waals surface area contributed by atoms with E-state index in [-0.39, 0.29) is 11.8 Å². The van der Waals surface area contributed by atoms with E-state index in [4.69, 9.17) is 0 Å². The van der Waals surface area contributed by atoms with Crippen molar-refractivity contribution in [3.63, 3.8) is 0 Å². The van der Waals surface area contributed by atoms with Gasteiger partial charge in [-0.05, 0) is 28.1 Å². The van der Waals surface area contributed by atoms with Gasteiger partial charge >= 0.3 is 0 Å². The lowest BCUT2D eigenvalue weighted by Gasteiger charge is -2.10. The maximum Gasteiger partial charge on any atom is 0.229 e. The van der Waals surface area contributed by atoms with Gasteiger partial charge in [-0.25, -0.2) is 0 Å². The van der Waals surface area contributed by atoms with Crippen LogP contribution in [0.4, 0.5) is 11.4 Å². The Morgan fingerprint density at radius 3 is 2.87 bits per heavy atom. The maximum absolute atomic E-state index is 11.6. The van der Waals surface area contributed by atoms with Crippen molar-refractivity contribution < 1.29 is 4.79 Å². The minimum Gasteiger partial charge on any atom is -0.382 e. The minimum absolute atomic E-state index is 0.0249. The number of nitrogens with one attached hydrogen (secondary N) is 2. The van der Waals surface area contributed by atoms with Crippen LogP contribution in [0.2, 0.25) is 0 Å². The Labute approximate surface area is 105 Å². The van der Waals surface area contributed by atoms with Gasteiger partial charge in [-0.1, -0.05) is 22.9 Å². The van der Waals surface area contributed by atoms with Crippen molar-refractivity contribution in [2.24, 2.45) is 5.92 Å². The first-order chi connectivity index (χ1) is 7.08. The highest BCUT2D eigenvalue weighted by Gasteiger charge is 2.20. The summed E-state index contributed by atoms with van der Waals surface area (Å²) in [7, 11) is 0. The number of carbonyl (C=O) groups excluding carboxylic acids is 1. The smallest absolute Gasteiger partial charge is 0.229 e. The van der Waals surface area contributed by atoms with E-state index in [1.165, 1.54) is 0 Å². The third-order valence-electron chi connectivity index (χ3n) is 2.35. The Bertz CT molecular complexity index is 420. The van der Waals surface area contributed by atoms with Crippen molar-refractivity contribution in [3.8, 4) is 0 Å². The van der Waals surface area contributed by atoms with Gasteiger partial charge in [0, 0.05) is 15.5 Å². The first kappa shape index (κ1) is 11.0. The summed E-state index contributed by atoms with van der Waals surface area (Å²) in [6.07, 6.45) is 0.